The Labute approximate surface area is 201 Å². The number of imidazole rings is 1. The van der Waals surface area contributed by atoms with Crippen LogP contribution in [0.25, 0.3) is 22.4 Å². The summed E-state index contributed by atoms with van der Waals surface area (Å²) >= 11 is 0. The summed E-state index contributed by atoms with van der Waals surface area (Å²) < 4.78 is 23.2. The van der Waals surface area contributed by atoms with E-state index >= 15 is 0 Å². The third-order valence-corrected chi connectivity index (χ3v) is 6.03. The number of halogens is 1. The lowest BCUT2D eigenvalue weighted by Gasteiger charge is -2.26. The quantitative estimate of drug-likeness (QED) is 0.397. The van der Waals surface area contributed by atoms with Crippen LogP contribution < -0.4 is 10.4 Å². The van der Waals surface area contributed by atoms with Crippen LogP contribution >= 0.6 is 0 Å². The average molecular weight is 471 g/mol. The summed E-state index contributed by atoms with van der Waals surface area (Å²) in [5.74, 6) is 0.00155. The molecular weight excluding hydrogens is 447 g/mol. The van der Waals surface area contributed by atoms with Gasteiger partial charge in [0.1, 0.15) is 5.75 Å². The van der Waals surface area contributed by atoms with Gasteiger partial charge in [-0.15, -0.1) is 0 Å². The molecule has 1 aliphatic rings. The molecule has 2 aromatic heterocycles. The summed E-state index contributed by atoms with van der Waals surface area (Å²) in [6.45, 7) is 6.12. The van der Waals surface area contributed by atoms with Crippen molar-refractivity contribution >= 4 is 22.6 Å². The van der Waals surface area contributed by atoms with Gasteiger partial charge in [-0.2, -0.15) is 0 Å². The van der Waals surface area contributed by atoms with Crippen molar-refractivity contribution in [3.8, 4) is 17.2 Å². The van der Waals surface area contributed by atoms with Crippen LogP contribution in [0.15, 0.2) is 84.5 Å². The normalized spacial score (nSPS) is 13.5. The van der Waals surface area contributed by atoms with Crippen molar-refractivity contribution in [3.05, 3.63) is 102 Å². The fourth-order valence-electron chi connectivity index (χ4n) is 4.27. The van der Waals surface area contributed by atoms with E-state index in [1.54, 1.807) is 81.9 Å². The molecule has 4 aromatic rings. The predicted octanol–water partition coefficient (Wildman–Crippen LogP) is 4.69. The number of aromatic nitrogens is 3. The van der Waals surface area contributed by atoms with Crippen LogP contribution in [-0.2, 0) is 4.79 Å². The number of carbonyl (C=O) groups is 1. The van der Waals surface area contributed by atoms with Crippen LogP contribution in [0, 0.1) is 12.7 Å². The minimum Gasteiger partial charge on any atom is -0.454 e. The van der Waals surface area contributed by atoms with E-state index in [1.165, 1.54) is 6.08 Å². The van der Waals surface area contributed by atoms with Gasteiger partial charge in [-0.3, -0.25) is 18.9 Å². The number of ether oxygens (including phenoxy) is 1. The summed E-state index contributed by atoms with van der Waals surface area (Å²) in [7, 11) is 0. The Morgan fingerprint density at radius 1 is 1.11 bits per heavy atom. The first-order valence-electron chi connectivity index (χ1n) is 11.2. The third kappa shape index (κ3) is 4.03. The zero-order valence-corrected chi connectivity index (χ0v) is 19.1. The maximum Gasteiger partial charge on any atom is 0.338 e. The first-order chi connectivity index (χ1) is 17.0. The third-order valence-electron chi connectivity index (χ3n) is 6.03. The Hall–Kier alpha value is -4.46. The summed E-state index contributed by atoms with van der Waals surface area (Å²) in [4.78, 5) is 31.7. The van der Waals surface area contributed by atoms with Gasteiger partial charge < -0.3 is 9.64 Å². The highest BCUT2D eigenvalue weighted by molar-refractivity contribution is 5.88. The average Bonchev–Trinajstić information content (AvgIpc) is 3.18. The van der Waals surface area contributed by atoms with E-state index in [0.29, 0.717) is 47.5 Å². The second kappa shape index (κ2) is 9.06. The highest BCUT2D eigenvalue weighted by Crippen LogP contribution is 2.28. The maximum atomic E-state index is 14.3. The lowest BCUT2D eigenvalue weighted by atomic mass is 10.2. The number of fused-ring (bicyclic) bond motifs is 1. The van der Waals surface area contributed by atoms with Gasteiger partial charge in [0.2, 0.25) is 5.91 Å². The molecule has 0 N–H and O–H groups in total. The largest absolute Gasteiger partial charge is 0.454 e. The highest BCUT2D eigenvalue weighted by atomic mass is 19.1. The first-order valence-corrected chi connectivity index (χ1v) is 11.2. The topological polar surface area (TPSA) is 69.4 Å². The molecule has 0 unspecified atom stereocenters. The zero-order chi connectivity index (χ0) is 24.5. The molecule has 5 rings (SSSR count). The van der Waals surface area contributed by atoms with Gasteiger partial charge in [-0.05, 0) is 61.4 Å². The lowest BCUT2D eigenvalue weighted by Crippen LogP contribution is -2.37. The van der Waals surface area contributed by atoms with Gasteiger partial charge in [0.05, 0.1) is 29.5 Å². The summed E-state index contributed by atoms with van der Waals surface area (Å²) in [5, 5.41) is 0. The number of rotatable bonds is 5. The number of hydrogen-bond donors (Lipinski definition) is 0. The summed E-state index contributed by atoms with van der Waals surface area (Å²) in [6, 6.07) is 13.6. The van der Waals surface area contributed by atoms with E-state index in [4.69, 9.17) is 4.74 Å². The van der Waals surface area contributed by atoms with Crippen LogP contribution in [0.3, 0.4) is 0 Å². The molecule has 0 saturated carbocycles. The van der Waals surface area contributed by atoms with Crippen LogP contribution in [0.4, 0.5) is 4.39 Å². The molecule has 0 bridgehead atoms. The number of carbonyl (C=O) groups excluding carboxylic acids is 1. The number of aryl methyl sites for hydroxylation is 1. The molecule has 0 saturated heterocycles. The van der Waals surface area contributed by atoms with Gasteiger partial charge in [0, 0.05) is 18.4 Å². The molecule has 7 nitrogen and oxygen atoms in total. The van der Waals surface area contributed by atoms with Crippen LogP contribution in [0.5, 0.6) is 11.5 Å². The van der Waals surface area contributed by atoms with E-state index in [-0.39, 0.29) is 17.3 Å². The Balaban J connectivity index is 1.53. The monoisotopic (exact) mass is 470 g/mol. The zero-order valence-electron chi connectivity index (χ0n) is 19.1. The molecule has 1 amide bonds. The van der Waals surface area contributed by atoms with E-state index in [1.807, 2.05) is 6.08 Å². The predicted molar refractivity (Wildman–Crippen MR) is 132 cm³/mol. The van der Waals surface area contributed by atoms with Gasteiger partial charge >= 0.3 is 5.69 Å². The minimum atomic E-state index is -0.410. The van der Waals surface area contributed by atoms with Crippen molar-refractivity contribution in [2.75, 3.05) is 13.1 Å². The highest BCUT2D eigenvalue weighted by Gasteiger charge is 2.22. The van der Waals surface area contributed by atoms with Crippen molar-refractivity contribution in [3.63, 3.8) is 0 Å². The van der Waals surface area contributed by atoms with Crippen LogP contribution in [0.2, 0.25) is 0 Å². The molecule has 35 heavy (non-hydrogen) atoms. The fraction of sp³-hybridized carbons (Fsp3) is 0.148. The fourth-order valence-corrected chi connectivity index (χ4v) is 4.27. The minimum absolute atomic E-state index is 0.138. The van der Waals surface area contributed by atoms with E-state index < -0.39 is 5.82 Å². The second-order valence-corrected chi connectivity index (χ2v) is 8.25. The summed E-state index contributed by atoms with van der Waals surface area (Å²) in [5.41, 5.74) is 2.87. The molecule has 1 aliphatic heterocycles. The molecule has 176 valence electrons. The molecular formula is C27H23FN4O3. The molecule has 2 aromatic carbocycles. The smallest absolute Gasteiger partial charge is 0.338 e. The van der Waals surface area contributed by atoms with Crippen molar-refractivity contribution in [1.82, 2.24) is 19.0 Å². The Morgan fingerprint density at radius 2 is 1.91 bits per heavy atom. The lowest BCUT2D eigenvalue weighted by molar-refractivity contribution is -0.125. The molecule has 0 aliphatic carbocycles. The van der Waals surface area contributed by atoms with Crippen LogP contribution in [-0.4, -0.2) is 38.0 Å². The van der Waals surface area contributed by atoms with Crippen LogP contribution in [0.1, 0.15) is 12.0 Å². The molecule has 0 fully saturated rings. The number of pyridine rings is 1. The Kier molecular flexibility index (Phi) is 5.78. The standard InChI is InChI=1S/C27H23FN4O3/c1-3-25(33)30-15-5-7-20(17-30)32-22-13-14-29-16-23(22)31(27(32)34)19-9-11-21(12-10-19)35-24-8-4-6-18(2)26(24)28/h3-4,6-14,16H,1,5,15,17H2,2H3. The Bertz CT molecular complexity index is 1530. The van der Waals surface area contributed by atoms with Crippen molar-refractivity contribution < 1.29 is 13.9 Å². The van der Waals surface area contributed by atoms with Gasteiger partial charge in [-0.25, -0.2) is 9.18 Å². The molecule has 3 heterocycles. The van der Waals surface area contributed by atoms with Crippen molar-refractivity contribution in [2.45, 2.75) is 13.3 Å². The first kappa shape index (κ1) is 22.3. The number of benzene rings is 2. The van der Waals surface area contributed by atoms with Crippen molar-refractivity contribution in [1.29, 1.82) is 0 Å². The maximum absolute atomic E-state index is 14.3. The molecule has 0 radical (unpaired) electrons. The molecule has 0 spiro atoms. The Morgan fingerprint density at radius 3 is 2.69 bits per heavy atom. The van der Waals surface area contributed by atoms with E-state index in [2.05, 4.69) is 11.6 Å². The number of amides is 1. The molecule has 8 heteroatoms. The number of hydrogen-bond acceptors (Lipinski definition) is 4. The van der Waals surface area contributed by atoms with Gasteiger partial charge in [0.25, 0.3) is 0 Å². The molecule has 0 atom stereocenters. The van der Waals surface area contributed by atoms with E-state index in [9.17, 15) is 14.0 Å². The van der Waals surface area contributed by atoms with Gasteiger partial charge in [0.15, 0.2) is 11.6 Å². The van der Waals surface area contributed by atoms with E-state index in [0.717, 1.165) is 5.70 Å². The summed E-state index contributed by atoms with van der Waals surface area (Å²) in [6.07, 6.45) is 7.17. The second-order valence-electron chi connectivity index (χ2n) is 8.25. The SMILES string of the molecule is C=CC(=O)N1CCC=C(n2c(=O)n(-c3ccc(Oc4cccc(C)c4F)cc3)c3cnccc32)C1. The number of nitrogens with zero attached hydrogens (tertiary/aromatic N) is 4. The van der Waals surface area contributed by atoms with Crippen molar-refractivity contribution in [2.24, 2.45) is 0 Å². The van der Waals surface area contributed by atoms with Gasteiger partial charge in [-0.1, -0.05) is 24.8 Å².